The summed E-state index contributed by atoms with van der Waals surface area (Å²) in [7, 11) is 0. The third kappa shape index (κ3) is 2.14. The van der Waals surface area contributed by atoms with Crippen molar-refractivity contribution in [2.24, 2.45) is 40.6 Å². The predicted molar refractivity (Wildman–Crippen MR) is 98.2 cm³/mol. The van der Waals surface area contributed by atoms with Crippen LogP contribution in [-0.4, -0.2) is 23.0 Å². The number of nitrogens with zero attached hydrogens (tertiary/aromatic N) is 2. The van der Waals surface area contributed by atoms with Gasteiger partial charge in [0.15, 0.2) is 0 Å². The molecule has 3 fully saturated rings. The van der Waals surface area contributed by atoms with E-state index >= 15 is 0 Å². The fourth-order valence-electron chi connectivity index (χ4n) is 5.36. The first-order chi connectivity index (χ1) is 13.6. The molecule has 1 aromatic heterocycles. The second-order valence-electron chi connectivity index (χ2n) is 8.10. The van der Waals surface area contributed by atoms with Crippen molar-refractivity contribution in [1.29, 1.82) is 0 Å². The van der Waals surface area contributed by atoms with Crippen molar-refractivity contribution < 1.29 is 18.4 Å². The molecule has 5 aliphatic rings. The molecule has 0 spiro atoms. The topological polar surface area (TPSA) is 62.9 Å². The lowest BCUT2D eigenvalue weighted by molar-refractivity contribution is -0.140. The van der Waals surface area contributed by atoms with Crippen LogP contribution in [0.4, 0.5) is 4.39 Å². The number of imide groups is 1. The van der Waals surface area contributed by atoms with Crippen LogP contribution in [0.1, 0.15) is 12.2 Å². The Kier molecular flexibility index (Phi) is 3.14. The van der Waals surface area contributed by atoms with Crippen LogP contribution in [0.25, 0.3) is 11.3 Å². The molecule has 2 bridgehead atoms. The minimum Gasteiger partial charge on any atom is -0.455 e. The van der Waals surface area contributed by atoms with E-state index in [2.05, 4.69) is 17.3 Å². The quantitative estimate of drug-likeness (QED) is 0.468. The van der Waals surface area contributed by atoms with Crippen molar-refractivity contribution in [3.63, 3.8) is 0 Å². The normalized spacial score (nSPS) is 35.0. The van der Waals surface area contributed by atoms with Gasteiger partial charge < -0.3 is 4.42 Å². The standard InChI is InChI=1S/C22H17FN2O3/c23-12-3-1-11(2-4-12)18-8-5-13(28-18)10-24-25-21(26)19-14-6-7-15(17-9-16(14)17)20(19)22(25)27/h1-8,10,14-17,19-20H,9H2/b24-10-/t14-,15-,16-,17-,19+,20+/m1/s1. The second-order valence-corrected chi connectivity index (χ2v) is 8.10. The van der Waals surface area contributed by atoms with Crippen molar-refractivity contribution >= 4 is 18.0 Å². The number of benzene rings is 1. The molecule has 2 aromatic rings. The van der Waals surface area contributed by atoms with E-state index in [4.69, 9.17) is 4.42 Å². The summed E-state index contributed by atoms with van der Waals surface area (Å²) in [6.07, 6.45) is 6.81. The van der Waals surface area contributed by atoms with Crippen LogP contribution in [0.3, 0.4) is 0 Å². The molecule has 1 saturated heterocycles. The number of rotatable bonds is 3. The van der Waals surface area contributed by atoms with Gasteiger partial charge >= 0.3 is 0 Å². The maximum Gasteiger partial charge on any atom is 0.254 e. The largest absolute Gasteiger partial charge is 0.455 e. The maximum atomic E-state index is 13.1. The average Bonchev–Trinajstić information content (AvgIpc) is 3.34. The molecule has 0 N–H and O–H groups in total. The Balaban J connectivity index is 1.24. The van der Waals surface area contributed by atoms with Gasteiger partial charge in [-0.25, -0.2) is 4.39 Å². The van der Waals surface area contributed by atoms with Gasteiger partial charge in [0.2, 0.25) is 0 Å². The van der Waals surface area contributed by atoms with E-state index in [1.54, 1.807) is 24.3 Å². The van der Waals surface area contributed by atoms with E-state index in [9.17, 15) is 14.0 Å². The molecule has 28 heavy (non-hydrogen) atoms. The first kappa shape index (κ1) is 16.0. The van der Waals surface area contributed by atoms with Crippen LogP contribution in [-0.2, 0) is 9.59 Å². The highest BCUT2D eigenvalue weighted by molar-refractivity contribution is 6.06. The Morgan fingerprint density at radius 1 is 0.964 bits per heavy atom. The first-order valence-corrected chi connectivity index (χ1v) is 9.58. The van der Waals surface area contributed by atoms with Gasteiger partial charge in [-0.15, -0.1) is 0 Å². The lowest BCUT2D eigenvalue weighted by Gasteiger charge is -2.37. The minimum atomic E-state index is -0.314. The number of carbonyl (C=O) groups is 2. The van der Waals surface area contributed by atoms with Gasteiger partial charge in [-0.1, -0.05) is 12.2 Å². The molecule has 7 rings (SSSR count). The van der Waals surface area contributed by atoms with Crippen molar-refractivity contribution in [3.05, 3.63) is 60.1 Å². The number of halogens is 1. The first-order valence-electron chi connectivity index (χ1n) is 9.58. The van der Waals surface area contributed by atoms with Crippen LogP contribution >= 0.6 is 0 Å². The Morgan fingerprint density at radius 3 is 2.25 bits per heavy atom. The molecule has 140 valence electrons. The Labute approximate surface area is 160 Å². The zero-order valence-corrected chi connectivity index (χ0v) is 14.9. The van der Waals surface area contributed by atoms with Crippen LogP contribution in [0.15, 0.2) is 58.1 Å². The van der Waals surface area contributed by atoms with E-state index in [1.165, 1.54) is 18.3 Å². The van der Waals surface area contributed by atoms with Crippen LogP contribution in [0, 0.1) is 41.3 Å². The maximum absolute atomic E-state index is 13.1. The monoisotopic (exact) mass is 376 g/mol. The lowest BCUT2D eigenvalue weighted by Crippen LogP contribution is -2.40. The van der Waals surface area contributed by atoms with Gasteiger partial charge in [0, 0.05) is 5.56 Å². The van der Waals surface area contributed by atoms with Crippen molar-refractivity contribution in [2.75, 3.05) is 0 Å². The van der Waals surface area contributed by atoms with Gasteiger partial charge in [-0.3, -0.25) is 9.59 Å². The summed E-state index contributed by atoms with van der Waals surface area (Å²) >= 11 is 0. The molecule has 1 aliphatic heterocycles. The van der Waals surface area contributed by atoms with Crippen molar-refractivity contribution in [2.45, 2.75) is 6.42 Å². The van der Waals surface area contributed by atoms with Crippen molar-refractivity contribution in [1.82, 2.24) is 5.01 Å². The summed E-state index contributed by atoms with van der Waals surface area (Å²) in [5.41, 5.74) is 0.738. The molecule has 1 aromatic carbocycles. The number of amides is 2. The molecule has 2 saturated carbocycles. The van der Waals surface area contributed by atoms with Gasteiger partial charge in [0.25, 0.3) is 11.8 Å². The summed E-state index contributed by atoms with van der Waals surface area (Å²) in [6.45, 7) is 0. The van der Waals surface area contributed by atoms with Gasteiger partial charge in [0.1, 0.15) is 17.3 Å². The zero-order valence-electron chi connectivity index (χ0n) is 14.9. The molecule has 0 radical (unpaired) electrons. The van der Waals surface area contributed by atoms with E-state index in [0.29, 0.717) is 23.4 Å². The molecular weight excluding hydrogens is 359 g/mol. The number of allylic oxidation sites excluding steroid dienone is 2. The van der Waals surface area contributed by atoms with Gasteiger partial charge in [-0.05, 0) is 66.5 Å². The van der Waals surface area contributed by atoms with E-state index in [-0.39, 0.29) is 41.3 Å². The van der Waals surface area contributed by atoms with Gasteiger partial charge in [0.05, 0.1) is 18.1 Å². The molecular formula is C22H17FN2O3. The molecule has 2 heterocycles. The Bertz CT molecular complexity index is 1020. The highest BCUT2D eigenvalue weighted by atomic mass is 19.1. The minimum absolute atomic E-state index is 0.186. The average molecular weight is 376 g/mol. The van der Waals surface area contributed by atoms with Crippen LogP contribution in [0.5, 0.6) is 0 Å². The fourth-order valence-corrected chi connectivity index (χ4v) is 5.36. The summed E-state index contributed by atoms with van der Waals surface area (Å²) in [5.74, 6) is 1.30. The van der Waals surface area contributed by atoms with Crippen LogP contribution in [0.2, 0.25) is 0 Å². The number of hydrogen-bond donors (Lipinski definition) is 0. The number of hydrazone groups is 1. The Hall–Kier alpha value is -3.02. The van der Waals surface area contributed by atoms with Gasteiger partial charge in [-0.2, -0.15) is 10.1 Å². The molecule has 0 unspecified atom stereocenters. The summed E-state index contributed by atoms with van der Waals surface area (Å²) in [6, 6.07) is 9.44. The lowest BCUT2D eigenvalue weighted by atomic mass is 9.63. The van der Waals surface area contributed by atoms with E-state index in [0.717, 1.165) is 17.0 Å². The second kappa shape index (κ2) is 5.50. The predicted octanol–water partition coefficient (Wildman–Crippen LogP) is 3.47. The highest BCUT2D eigenvalue weighted by Gasteiger charge is 2.67. The summed E-state index contributed by atoms with van der Waals surface area (Å²) in [5, 5.41) is 5.20. The number of hydrogen-bond acceptors (Lipinski definition) is 4. The third-order valence-corrected chi connectivity index (χ3v) is 6.70. The van der Waals surface area contributed by atoms with E-state index < -0.39 is 0 Å². The van der Waals surface area contributed by atoms with Crippen molar-refractivity contribution in [3.8, 4) is 11.3 Å². The highest BCUT2D eigenvalue weighted by Crippen LogP contribution is 2.65. The zero-order chi connectivity index (χ0) is 19.0. The molecule has 2 amide bonds. The molecule has 6 atom stereocenters. The number of carbonyl (C=O) groups excluding carboxylic acids is 2. The smallest absolute Gasteiger partial charge is 0.254 e. The molecule has 6 heteroatoms. The Morgan fingerprint density at radius 2 is 1.61 bits per heavy atom. The summed E-state index contributed by atoms with van der Waals surface area (Å²) < 4.78 is 18.8. The fraction of sp³-hybridized carbons (Fsp3) is 0.318. The third-order valence-electron chi connectivity index (χ3n) is 6.70. The van der Waals surface area contributed by atoms with E-state index in [1.807, 2.05) is 0 Å². The SMILES string of the molecule is O=C1[C@H]2[C@@H]3C=C[C@H]([C@H]4C[C@H]34)[C@@H]2C(=O)N1/N=C\c1ccc(-c2ccc(F)cc2)o1. The number of furan rings is 1. The molecule has 5 nitrogen and oxygen atoms in total. The molecule has 4 aliphatic carbocycles. The summed E-state index contributed by atoms with van der Waals surface area (Å²) in [4.78, 5) is 25.8. The van der Waals surface area contributed by atoms with Crippen LogP contribution < -0.4 is 0 Å².